The summed E-state index contributed by atoms with van der Waals surface area (Å²) < 4.78 is 6.81. The van der Waals surface area contributed by atoms with Gasteiger partial charge < -0.3 is 10.1 Å². The van der Waals surface area contributed by atoms with E-state index in [4.69, 9.17) is 4.74 Å². The van der Waals surface area contributed by atoms with Gasteiger partial charge >= 0.3 is 0 Å². The van der Waals surface area contributed by atoms with Gasteiger partial charge in [-0.1, -0.05) is 30.3 Å². The number of hydrogen-bond donors (Lipinski definition) is 1. The smallest absolute Gasteiger partial charge is 0.275 e. The second-order valence-corrected chi connectivity index (χ2v) is 6.72. The van der Waals surface area contributed by atoms with Crippen LogP contribution >= 0.6 is 0 Å². The molecule has 1 N–H and O–H groups in total. The van der Waals surface area contributed by atoms with Crippen LogP contribution < -0.4 is 15.6 Å². The minimum absolute atomic E-state index is 0.112. The fraction of sp³-hybridized carbons (Fsp3) is 0.286. The second kappa shape index (κ2) is 8.03. The predicted octanol–water partition coefficient (Wildman–Crippen LogP) is 3.06. The van der Waals surface area contributed by atoms with Crippen molar-refractivity contribution in [3.05, 3.63) is 70.6 Å². The molecular formula is C21H23N3O3. The average molecular weight is 365 g/mol. The molecule has 3 aromatic rings. The number of carbonyl (C=O) groups excluding carboxylic acids is 1. The summed E-state index contributed by atoms with van der Waals surface area (Å²) in [5, 5.41) is 8.30. The fourth-order valence-corrected chi connectivity index (χ4v) is 2.85. The molecule has 1 unspecified atom stereocenters. The van der Waals surface area contributed by atoms with Crippen LogP contribution in [0.1, 0.15) is 32.4 Å². The lowest BCUT2D eigenvalue weighted by Gasteiger charge is -2.16. The highest BCUT2D eigenvalue weighted by Crippen LogP contribution is 2.18. The molecule has 27 heavy (non-hydrogen) atoms. The number of benzene rings is 2. The molecule has 140 valence electrons. The Morgan fingerprint density at radius 3 is 2.52 bits per heavy atom. The van der Waals surface area contributed by atoms with Crippen molar-refractivity contribution in [1.29, 1.82) is 0 Å². The van der Waals surface area contributed by atoms with E-state index in [1.54, 1.807) is 18.3 Å². The Bertz CT molecular complexity index is 993. The first kappa shape index (κ1) is 18.6. The maximum Gasteiger partial charge on any atom is 0.275 e. The largest absolute Gasteiger partial charge is 0.491 e. The zero-order chi connectivity index (χ0) is 19.4. The van der Waals surface area contributed by atoms with Crippen molar-refractivity contribution >= 4 is 16.7 Å². The Morgan fingerprint density at radius 1 is 1.11 bits per heavy atom. The Labute approximate surface area is 157 Å². The highest BCUT2D eigenvalue weighted by molar-refractivity contribution is 5.81. The van der Waals surface area contributed by atoms with Crippen LogP contribution in [0.25, 0.3) is 10.8 Å². The van der Waals surface area contributed by atoms with Crippen molar-refractivity contribution in [2.45, 2.75) is 39.5 Å². The van der Waals surface area contributed by atoms with Crippen LogP contribution in [0.2, 0.25) is 0 Å². The van der Waals surface area contributed by atoms with E-state index in [-0.39, 0.29) is 30.2 Å². The third-order valence-corrected chi connectivity index (χ3v) is 4.18. The van der Waals surface area contributed by atoms with Gasteiger partial charge in [0.15, 0.2) is 0 Å². The summed E-state index contributed by atoms with van der Waals surface area (Å²) in [6.45, 7) is 5.72. The molecule has 1 aromatic heterocycles. The number of rotatable bonds is 6. The van der Waals surface area contributed by atoms with Gasteiger partial charge in [-0.3, -0.25) is 9.59 Å². The minimum Gasteiger partial charge on any atom is -0.491 e. The Balaban J connectivity index is 1.67. The number of hydrogen-bond acceptors (Lipinski definition) is 4. The molecule has 2 aromatic carbocycles. The van der Waals surface area contributed by atoms with Gasteiger partial charge in [-0.25, -0.2) is 4.68 Å². The van der Waals surface area contributed by atoms with Crippen LogP contribution in [0, 0.1) is 0 Å². The molecule has 0 saturated heterocycles. The van der Waals surface area contributed by atoms with Crippen LogP contribution in [0.4, 0.5) is 0 Å². The van der Waals surface area contributed by atoms with Crippen molar-refractivity contribution in [1.82, 2.24) is 15.1 Å². The monoisotopic (exact) mass is 365 g/mol. The molecule has 0 aliphatic rings. The molecule has 6 heteroatoms. The maximum atomic E-state index is 12.5. The first-order valence-electron chi connectivity index (χ1n) is 8.95. The van der Waals surface area contributed by atoms with Gasteiger partial charge in [0.2, 0.25) is 5.91 Å². The molecular weight excluding hydrogens is 342 g/mol. The molecule has 0 aliphatic carbocycles. The Kier molecular flexibility index (Phi) is 5.54. The topological polar surface area (TPSA) is 73.2 Å². The summed E-state index contributed by atoms with van der Waals surface area (Å²) in [4.78, 5) is 24.8. The summed E-state index contributed by atoms with van der Waals surface area (Å²) in [7, 11) is 0. The lowest BCUT2D eigenvalue weighted by molar-refractivity contribution is -0.122. The zero-order valence-corrected chi connectivity index (χ0v) is 15.7. The van der Waals surface area contributed by atoms with Crippen LogP contribution in [-0.2, 0) is 11.3 Å². The third kappa shape index (κ3) is 4.53. The normalized spacial score (nSPS) is 12.1. The predicted molar refractivity (Wildman–Crippen MR) is 105 cm³/mol. The van der Waals surface area contributed by atoms with Gasteiger partial charge in [-0.2, -0.15) is 5.10 Å². The molecule has 0 saturated carbocycles. The van der Waals surface area contributed by atoms with Gasteiger partial charge in [-0.05, 0) is 44.5 Å². The number of aromatic nitrogens is 2. The molecule has 0 radical (unpaired) electrons. The first-order chi connectivity index (χ1) is 12.9. The minimum atomic E-state index is -0.272. The van der Waals surface area contributed by atoms with Gasteiger partial charge in [0.1, 0.15) is 12.3 Å². The van der Waals surface area contributed by atoms with E-state index >= 15 is 0 Å². The van der Waals surface area contributed by atoms with E-state index in [0.29, 0.717) is 5.39 Å². The fourth-order valence-electron chi connectivity index (χ4n) is 2.85. The average Bonchev–Trinajstić information content (AvgIpc) is 2.64. The number of ether oxygens (including phenoxy) is 1. The van der Waals surface area contributed by atoms with E-state index in [9.17, 15) is 9.59 Å². The van der Waals surface area contributed by atoms with Crippen molar-refractivity contribution < 1.29 is 9.53 Å². The van der Waals surface area contributed by atoms with Crippen LogP contribution in [-0.4, -0.2) is 21.8 Å². The molecule has 0 bridgehead atoms. The van der Waals surface area contributed by atoms with E-state index in [1.807, 2.05) is 57.2 Å². The molecule has 0 fully saturated rings. The highest BCUT2D eigenvalue weighted by Gasteiger charge is 2.12. The van der Waals surface area contributed by atoms with Crippen molar-refractivity contribution in [2.24, 2.45) is 0 Å². The third-order valence-electron chi connectivity index (χ3n) is 4.18. The van der Waals surface area contributed by atoms with Crippen LogP contribution in [0.5, 0.6) is 5.75 Å². The number of nitrogens with one attached hydrogen (secondary N) is 1. The zero-order valence-electron chi connectivity index (χ0n) is 15.7. The molecule has 1 atom stereocenters. The van der Waals surface area contributed by atoms with Crippen molar-refractivity contribution in [3.8, 4) is 5.75 Å². The first-order valence-corrected chi connectivity index (χ1v) is 8.95. The number of carbonyl (C=O) groups is 1. The SMILES string of the molecule is CC(C)Oc1ccc(C(C)NC(=O)Cn2ncc3ccccc3c2=O)cc1. The van der Waals surface area contributed by atoms with Gasteiger partial charge in [0.05, 0.1) is 23.7 Å². The Hall–Kier alpha value is -3.15. The van der Waals surface area contributed by atoms with Crippen LogP contribution in [0.15, 0.2) is 59.5 Å². The van der Waals surface area contributed by atoms with Crippen molar-refractivity contribution in [3.63, 3.8) is 0 Å². The van der Waals surface area contributed by atoms with E-state index in [0.717, 1.165) is 16.7 Å². The molecule has 0 spiro atoms. The number of nitrogens with zero attached hydrogens (tertiary/aromatic N) is 2. The Morgan fingerprint density at radius 2 is 1.81 bits per heavy atom. The number of fused-ring (bicyclic) bond motifs is 1. The van der Waals surface area contributed by atoms with Crippen molar-refractivity contribution in [2.75, 3.05) is 0 Å². The molecule has 3 rings (SSSR count). The maximum absolute atomic E-state index is 12.5. The van der Waals surface area contributed by atoms with Gasteiger partial charge in [-0.15, -0.1) is 0 Å². The molecule has 0 aliphatic heterocycles. The second-order valence-electron chi connectivity index (χ2n) is 6.72. The van der Waals surface area contributed by atoms with E-state index < -0.39 is 0 Å². The summed E-state index contributed by atoms with van der Waals surface area (Å²) in [6, 6.07) is 14.6. The highest BCUT2D eigenvalue weighted by atomic mass is 16.5. The van der Waals surface area contributed by atoms with Gasteiger partial charge in [0.25, 0.3) is 5.56 Å². The lowest BCUT2D eigenvalue weighted by Crippen LogP contribution is -2.34. The molecule has 6 nitrogen and oxygen atoms in total. The summed E-state index contributed by atoms with van der Waals surface area (Å²) in [5.74, 6) is 0.522. The number of amides is 1. The van der Waals surface area contributed by atoms with Gasteiger partial charge in [0, 0.05) is 5.39 Å². The lowest BCUT2D eigenvalue weighted by atomic mass is 10.1. The standard InChI is InChI=1S/C21H23N3O3/c1-14(2)27-18-10-8-16(9-11-18)15(3)23-20(25)13-24-21(26)19-7-5-4-6-17(19)12-22-24/h4-12,14-15H,13H2,1-3H3,(H,23,25). The molecule has 1 amide bonds. The summed E-state index contributed by atoms with van der Waals surface area (Å²) in [5.41, 5.74) is 0.685. The quantitative estimate of drug-likeness (QED) is 0.729. The van der Waals surface area contributed by atoms with E-state index in [2.05, 4.69) is 10.4 Å². The van der Waals surface area contributed by atoms with E-state index in [1.165, 1.54) is 4.68 Å². The van der Waals surface area contributed by atoms with Crippen LogP contribution in [0.3, 0.4) is 0 Å². The summed E-state index contributed by atoms with van der Waals surface area (Å²) in [6.07, 6.45) is 1.71. The summed E-state index contributed by atoms with van der Waals surface area (Å²) >= 11 is 0. The molecule has 1 heterocycles.